The van der Waals surface area contributed by atoms with Gasteiger partial charge in [0.15, 0.2) is 0 Å². The highest BCUT2D eigenvalue weighted by Gasteiger charge is 1.96. The van der Waals surface area contributed by atoms with Crippen molar-refractivity contribution in [2.75, 3.05) is 11.9 Å². The van der Waals surface area contributed by atoms with Crippen molar-refractivity contribution in [1.29, 1.82) is 5.26 Å². The van der Waals surface area contributed by atoms with Crippen LogP contribution in [0.3, 0.4) is 0 Å². The Kier molecular flexibility index (Phi) is 12.0. The molecule has 2 heteroatoms. The first-order valence-electron chi connectivity index (χ1n) is 9.56. The Balaban J connectivity index is 1.98. The zero-order chi connectivity index (χ0) is 16.6. The predicted molar refractivity (Wildman–Crippen MR) is 101 cm³/mol. The van der Waals surface area contributed by atoms with Crippen molar-refractivity contribution >= 4 is 5.69 Å². The maximum Gasteiger partial charge on any atom is 0.0640 e. The SMILES string of the molecule is CCCCCCCCCCCCc1ccc(NCCC#N)cc1. The molecule has 128 valence electrons. The van der Waals surface area contributed by atoms with Crippen LogP contribution in [-0.2, 0) is 6.42 Å². The molecule has 0 aromatic heterocycles. The van der Waals surface area contributed by atoms with Crippen LogP contribution >= 0.6 is 0 Å². The number of benzene rings is 1. The smallest absolute Gasteiger partial charge is 0.0640 e. The fourth-order valence-corrected chi connectivity index (χ4v) is 2.87. The van der Waals surface area contributed by atoms with Crippen molar-refractivity contribution in [2.45, 2.75) is 84.0 Å². The number of hydrogen-bond acceptors (Lipinski definition) is 2. The first kappa shape index (κ1) is 19.6. The van der Waals surface area contributed by atoms with Crippen LogP contribution < -0.4 is 5.32 Å². The van der Waals surface area contributed by atoms with Crippen LogP contribution in [0.2, 0.25) is 0 Å². The molecule has 0 fully saturated rings. The summed E-state index contributed by atoms with van der Waals surface area (Å²) in [5, 5.41) is 11.8. The van der Waals surface area contributed by atoms with Crippen LogP contribution in [0, 0.1) is 11.3 Å². The molecular weight excluding hydrogens is 280 g/mol. The van der Waals surface area contributed by atoms with Gasteiger partial charge in [-0.1, -0.05) is 76.8 Å². The lowest BCUT2D eigenvalue weighted by molar-refractivity contribution is 0.556. The second-order valence-corrected chi connectivity index (χ2v) is 6.46. The number of nitriles is 1. The molecule has 0 spiro atoms. The van der Waals surface area contributed by atoms with E-state index in [9.17, 15) is 0 Å². The topological polar surface area (TPSA) is 35.8 Å². The Morgan fingerprint density at radius 1 is 0.826 bits per heavy atom. The molecule has 0 aliphatic rings. The van der Waals surface area contributed by atoms with Crippen LogP contribution in [-0.4, -0.2) is 6.54 Å². The Bertz CT molecular complexity index is 416. The summed E-state index contributed by atoms with van der Waals surface area (Å²) in [6, 6.07) is 10.8. The van der Waals surface area contributed by atoms with E-state index in [1.165, 1.54) is 76.2 Å². The van der Waals surface area contributed by atoms with Crippen LogP contribution in [0.25, 0.3) is 0 Å². The van der Waals surface area contributed by atoms with Crippen LogP contribution in [0.1, 0.15) is 83.1 Å². The summed E-state index contributed by atoms with van der Waals surface area (Å²) in [5.74, 6) is 0. The van der Waals surface area contributed by atoms with E-state index >= 15 is 0 Å². The highest BCUT2D eigenvalue weighted by atomic mass is 14.9. The van der Waals surface area contributed by atoms with Crippen LogP contribution in [0.15, 0.2) is 24.3 Å². The molecule has 0 radical (unpaired) electrons. The normalized spacial score (nSPS) is 10.4. The minimum absolute atomic E-state index is 0.556. The number of nitrogens with one attached hydrogen (secondary N) is 1. The van der Waals surface area contributed by atoms with E-state index in [1.807, 2.05) is 0 Å². The molecule has 0 atom stereocenters. The fraction of sp³-hybridized carbons (Fsp3) is 0.667. The van der Waals surface area contributed by atoms with Gasteiger partial charge in [0.05, 0.1) is 12.5 Å². The van der Waals surface area contributed by atoms with E-state index in [0.29, 0.717) is 6.42 Å². The fourth-order valence-electron chi connectivity index (χ4n) is 2.87. The van der Waals surface area contributed by atoms with Crippen molar-refractivity contribution in [3.8, 4) is 6.07 Å². The average Bonchev–Trinajstić information content (AvgIpc) is 2.58. The van der Waals surface area contributed by atoms with Crippen LogP contribution in [0.5, 0.6) is 0 Å². The van der Waals surface area contributed by atoms with Gasteiger partial charge in [0.2, 0.25) is 0 Å². The van der Waals surface area contributed by atoms with Gasteiger partial charge >= 0.3 is 0 Å². The van der Waals surface area contributed by atoms with Crippen LogP contribution in [0.4, 0.5) is 5.69 Å². The van der Waals surface area contributed by atoms with Crippen molar-refractivity contribution in [3.63, 3.8) is 0 Å². The molecule has 0 aliphatic heterocycles. The average molecular weight is 315 g/mol. The minimum Gasteiger partial charge on any atom is -0.384 e. The van der Waals surface area contributed by atoms with E-state index in [4.69, 9.17) is 5.26 Å². The second-order valence-electron chi connectivity index (χ2n) is 6.46. The highest BCUT2D eigenvalue weighted by Crippen LogP contribution is 2.14. The maximum atomic E-state index is 8.52. The third-order valence-electron chi connectivity index (χ3n) is 4.34. The van der Waals surface area contributed by atoms with Gasteiger partial charge in [0.25, 0.3) is 0 Å². The van der Waals surface area contributed by atoms with Gasteiger partial charge in [0, 0.05) is 12.2 Å². The summed E-state index contributed by atoms with van der Waals surface area (Å²) in [6.07, 6.45) is 15.7. The molecule has 2 nitrogen and oxygen atoms in total. The minimum atomic E-state index is 0.556. The van der Waals surface area contributed by atoms with Gasteiger partial charge in [-0.05, 0) is 30.5 Å². The molecule has 0 saturated carbocycles. The van der Waals surface area contributed by atoms with Gasteiger partial charge in [0.1, 0.15) is 0 Å². The quantitative estimate of drug-likeness (QED) is 0.399. The third kappa shape index (κ3) is 10.8. The van der Waals surface area contributed by atoms with Gasteiger partial charge in [-0.3, -0.25) is 0 Å². The summed E-state index contributed by atoms with van der Waals surface area (Å²) >= 11 is 0. The van der Waals surface area contributed by atoms with Crippen molar-refractivity contribution < 1.29 is 0 Å². The molecule has 23 heavy (non-hydrogen) atoms. The molecular formula is C21H34N2. The number of hydrogen-bond donors (Lipinski definition) is 1. The van der Waals surface area contributed by atoms with E-state index < -0.39 is 0 Å². The second kappa shape index (κ2) is 14.1. The first-order valence-corrected chi connectivity index (χ1v) is 9.56. The Labute approximate surface area is 143 Å². The third-order valence-corrected chi connectivity index (χ3v) is 4.34. The number of unbranched alkanes of at least 4 members (excludes halogenated alkanes) is 9. The lowest BCUT2D eigenvalue weighted by Gasteiger charge is -2.06. The Morgan fingerprint density at radius 3 is 1.96 bits per heavy atom. The molecule has 0 bridgehead atoms. The number of anilines is 1. The van der Waals surface area contributed by atoms with Gasteiger partial charge in [-0.15, -0.1) is 0 Å². The molecule has 0 saturated heterocycles. The molecule has 0 amide bonds. The van der Waals surface area contributed by atoms with Gasteiger partial charge < -0.3 is 5.32 Å². The Morgan fingerprint density at radius 2 is 1.39 bits per heavy atom. The maximum absolute atomic E-state index is 8.52. The van der Waals surface area contributed by atoms with E-state index in [0.717, 1.165) is 12.2 Å². The lowest BCUT2D eigenvalue weighted by atomic mass is 10.0. The zero-order valence-electron chi connectivity index (χ0n) is 14.9. The molecule has 0 unspecified atom stereocenters. The molecule has 1 rings (SSSR count). The molecule has 1 aromatic carbocycles. The standard InChI is InChI=1S/C21H34N2/c1-2-3-4-5-6-7-8-9-10-11-13-20-14-16-21(17-15-20)23-19-12-18-22/h14-17,23H,2-13,19H2,1H3. The largest absolute Gasteiger partial charge is 0.384 e. The van der Waals surface area contributed by atoms with E-state index in [-0.39, 0.29) is 0 Å². The van der Waals surface area contributed by atoms with Gasteiger partial charge in [-0.2, -0.15) is 5.26 Å². The molecule has 1 N–H and O–H groups in total. The van der Waals surface area contributed by atoms with E-state index in [2.05, 4.69) is 42.6 Å². The zero-order valence-corrected chi connectivity index (χ0v) is 14.9. The predicted octanol–water partition coefficient (Wildman–Crippen LogP) is 6.48. The van der Waals surface area contributed by atoms with Crippen molar-refractivity contribution in [1.82, 2.24) is 0 Å². The van der Waals surface area contributed by atoms with Gasteiger partial charge in [-0.25, -0.2) is 0 Å². The number of rotatable bonds is 14. The lowest BCUT2D eigenvalue weighted by Crippen LogP contribution is -2.00. The molecule has 1 aromatic rings. The first-order chi connectivity index (χ1) is 11.4. The number of nitrogens with zero attached hydrogens (tertiary/aromatic N) is 1. The highest BCUT2D eigenvalue weighted by molar-refractivity contribution is 5.44. The summed E-state index contributed by atoms with van der Waals surface area (Å²) in [7, 11) is 0. The van der Waals surface area contributed by atoms with Crippen molar-refractivity contribution in [3.05, 3.63) is 29.8 Å². The summed E-state index contributed by atoms with van der Waals surface area (Å²) in [5.41, 5.74) is 2.54. The van der Waals surface area contributed by atoms with Crippen molar-refractivity contribution in [2.24, 2.45) is 0 Å². The number of aryl methyl sites for hydroxylation is 1. The summed E-state index contributed by atoms with van der Waals surface area (Å²) in [6.45, 7) is 3.01. The summed E-state index contributed by atoms with van der Waals surface area (Å²) in [4.78, 5) is 0. The van der Waals surface area contributed by atoms with E-state index in [1.54, 1.807) is 0 Å². The Hall–Kier alpha value is -1.49. The molecule has 0 heterocycles. The summed E-state index contributed by atoms with van der Waals surface area (Å²) < 4.78 is 0. The monoisotopic (exact) mass is 314 g/mol. The molecule has 0 aliphatic carbocycles.